The molecule has 2 heterocycles. The molecule has 1 saturated heterocycles. The Balaban J connectivity index is 2.18. The van der Waals surface area contributed by atoms with Gasteiger partial charge in [0.25, 0.3) is 0 Å². The van der Waals surface area contributed by atoms with Gasteiger partial charge in [-0.05, 0) is 47.8 Å². The summed E-state index contributed by atoms with van der Waals surface area (Å²) in [5.74, 6) is 0. The van der Waals surface area contributed by atoms with Crippen LogP contribution in [0.4, 0.5) is 0 Å². The molecule has 0 aliphatic carbocycles. The van der Waals surface area contributed by atoms with Crippen LogP contribution in [-0.4, -0.2) is 17.3 Å². The fourth-order valence-corrected chi connectivity index (χ4v) is 3.34. The van der Waals surface area contributed by atoms with Crippen molar-refractivity contribution in [2.45, 2.75) is 31.5 Å². The second-order valence-corrected chi connectivity index (χ2v) is 6.30. The Morgan fingerprint density at radius 3 is 2.93 bits per heavy atom. The summed E-state index contributed by atoms with van der Waals surface area (Å²) in [6, 6.07) is 3.91. The maximum absolute atomic E-state index is 10.2. The molecule has 2 unspecified atom stereocenters. The number of ether oxygens (including phenoxy) is 1. The molecule has 1 aliphatic rings. The average Bonchev–Trinajstić information content (AvgIpc) is 2.74. The highest BCUT2D eigenvalue weighted by molar-refractivity contribution is 9.11. The summed E-state index contributed by atoms with van der Waals surface area (Å²) in [6.07, 6.45) is 1.48. The monoisotopic (exact) mass is 276 g/mol. The summed E-state index contributed by atoms with van der Waals surface area (Å²) in [5.41, 5.74) is -0.385. The van der Waals surface area contributed by atoms with Gasteiger partial charge in [0.05, 0.1) is 9.39 Å². The minimum absolute atomic E-state index is 0.385. The Hall–Kier alpha value is 0.1000. The molecule has 1 N–H and O–H groups in total. The van der Waals surface area contributed by atoms with Crippen LogP contribution in [0.5, 0.6) is 0 Å². The van der Waals surface area contributed by atoms with E-state index in [-0.39, 0.29) is 5.60 Å². The number of aliphatic hydroxyl groups excluding tert-OH is 1. The van der Waals surface area contributed by atoms with Crippen molar-refractivity contribution in [3.63, 3.8) is 0 Å². The van der Waals surface area contributed by atoms with E-state index in [1.54, 1.807) is 11.3 Å². The molecule has 0 spiro atoms. The molecule has 2 nitrogen and oxygen atoms in total. The van der Waals surface area contributed by atoms with Crippen LogP contribution in [0.2, 0.25) is 0 Å². The molecular formula is C10H13BrO2S. The van der Waals surface area contributed by atoms with Gasteiger partial charge in [0.1, 0.15) is 6.10 Å². The van der Waals surface area contributed by atoms with Crippen LogP contribution >= 0.6 is 27.3 Å². The van der Waals surface area contributed by atoms with E-state index < -0.39 is 6.10 Å². The lowest BCUT2D eigenvalue weighted by molar-refractivity contribution is -0.0781. The van der Waals surface area contributed by atoms with E-state index in [2.05, 4.69) is 15.9 Å². The molecule has 1 aromatic heterocycles. The first kappa shape index (κ1) is 10.6. The Bertz CT molecular complexity index is 318. The van der Waals surface area contributed by atoms with Crippen LogP contribution in [0.25, 0.3) is 0 Å². The van der Waals surface area contributed by atoms with E-state index in [1.807, 2.05) is 19.1 Å². The molecule has 1 aromatic rings. The molecule has 14 heavy (non-hydrogen) atoms. The van der Waals surface area contributed by atoms with Gasteiger partial charge in [-0.25, -0.2) is 0 Å². The first-order valence-electron chi connectivity index (χ1n) is 4.69. The number of rotatable bonds is 2. The topological polar surface area (TPSA) is 29.5 Å². The highest BCUT2D eigenvalue weighted by Crippen LogP contribution is 2.40. The number of halogens is 1. The van der Waals surface area contributed by atoms with Crippen LogP contribution in [0.3, 0.4) is 0 Å². The van der Waals surface area contributed by atoms with Gasteiger partial charge in [-0.15, -0.1) is 11.3 Å². The molecule has 4 heteroatoms. The minimum Gasteiger partial charge on any atom is -0.385 e. The summed E-state index contributed by atoms with van der Waals surface area (Å²) in [5, 5.41) is 10.2. The summed E-state index contributed by atoms with van der Waals surface area (Å²) in [4.78, 5) is 0.973. The molecule has 1 aliphatic heterocycles. The van der Waals surface area contributed by atoms with Gasteiger partial charge < -0.3 is 9.84 Å². The molecule has 0 aromatic carbocycles. The summed E-state index contributed by atoms with van der Waals surface area (Å²) in [7, 11) is 0. The van der Waals surface area contributed by atoms with Gasteiger partial charge in [-0.3, -0.25) is 0 Å². The molecule has 0 bridgehead atoms. The molecule has 0 saturated carbocycles. The fraction of sp³-hybridized carbons (Fsp3) is 0.600. The lowest BCUT2D eigenvalue weighted by Crippen LogP contribution is -2.31. The van der Waals surface area contributed by atoms with Crippen molar-refractivity contribution in [2.75, 3.05) is 6.61 Å². The van der Waals surface area contributed by atoms with E-state index in [0.717, 1.165) is 28.1 Å². The Kier molecular flexibility index (Phi) is 2.98. The first-order chi connectivity index (χ1) is 6.62. The molecule has 2 atom stereocenters. The van der Waals surface area contributed by atoms with Crippen LogP contribution in [0, 0.1) is 0 Å². The standard InChI is InChI=1S/C10H13BrO2S/c1-10(5-2-6-13-10)9(12)7-3-4-8(11)14-7/h3-4,9,12H,2,5-6H2,1H3. The largest absolute Gasteiger partial charge is 0.385 e. The van der Waals surface area contributed by atoms with Crippen molar-refractivity contribution in [3.8, 4) is 0 Å². The van der Waals surface area contributed by atoms with Gasteiger partial charge in [0, 0.05) is 11.5 Å². The summed E-state index contributed by atoms with van der Waals surface area (Å²) < 4.78 is 6.66. The van der Waals surface area contributed by atoms with E-state index in [4.69, 9.17) is 4.74 Å². The Morgan fingerprint density at radius 1 is 1.64 bits per heavy atom. The van der Waals surface area contributed by atoms with Crippen LogP contribution in [0.15, 0.2) is 15.9 Å². The van der Waals surface area contributed by atoms with Crippen molar-refractivity contribution in [1.29, 1.82) is 0 Å². The third-order valence-electron chi connectivity index (χ3n) is 2.69. The van der Waals surface area contributed by atoms with E-state index in [1.165, 1.54) is 0 Å². The zero-order valence-corrected chi connectivity index (χ0v) is 10.4. The number of thiophene rings is 1. The second-order valence-electron chi connectivity index (χ2n) is 3.81. The highest BCUT2D eigenvalue weighted by atomic mass is 79.9. The van der Waals surface area contributed by atoms with Gasteiger partial charge >= 0.3 is 0 Å². The SMILES string of the molecule is CC1(C(O)c2ccc(Br)s2)CCCO1. The number of hydrogen-bond acceptors (Lipinski definition) is 3. The van der Waals surface area contributed by atoms with Crippen molar-refractivity contribution < 1.29 is 9.84 Å². The van der Waals surface area contributed by atoms with E-state index >= 15 is 0 Å². The molecule has 2 rings (SSSR count). The van der Waals surface area contributed by atoms with Crippen LogP contribution < -0.4 is 0 Å². The number of aliphatic hydroxyl groups is 1. The quantitative estimate of drug-likeness (QED) is 0.900. The maximum atomic E-state index is 10.2. The van der Waals surface area contributed by atoms with Gasteiger partial charge in [0.15, 0.2) is 0 Å². The zero-order chi connectivity index (χ0) is 10.2. The normalized spacial score (nSPS) is 29.4. The van der Waals surface area contributed by atoms with Crippen molar-refractivity contribution in [3.05, 3.63) is 20.8 Å². The maximum Gasteiger partial charge on any atom is 0.117 e. The summed E-state index contributed by atoms with van der Waals surface area (Å²) >= 11 is 4.96. The van der Waals surface area contributed by atoms with Crippen LogP contribution in [0.1, 0.15) is 30.7 Å². The zero-order valence-electron chi connectivity index (χ0n) is 8.00. The molecule has 1 fully saturated rings. The highest BCUT2D eigenvalue weighted by Gasteiger charge is 2.38. The van der Waals surface area contributed by atoms with E-state index in [9.17, 15) is 5.11 Å². The third-order valence-corrected chi connectivity index (χ3v) is 4.37. The summed E-state index contributed by atoms with van der Waals surface area (Å²) in [6.45, 7) is 2.75. The van der Waals surface area contributed by atoms with Crippen molar-refractivity contribution in [1.82, 2.24) is 0 Å². The molecule has 78 valence electrons. The lowest BCUT2D eigenvalue weighted by atomic mass is 9.94. The third kappa shape index (κ3) is 1.89. The Labute approximate surface area is 96.0 Å². The van der Waals surface area contributed by atoms with Crippen LogP contribution in [-0.2, 0) is 4.74 Å². The molecule has 0 radical (unpaired) electrons. The van der Waals surface area contributed by atoms with Gasteiger partial charge in [0.2, 0.25) is 0 Å². The smallest absolute Gasteiger partial charge is 0.117 e. The average molecular weight is 277 g/mol. The Morgan fingerprint density at radius 2 is 2.43 bits per heavy atom. The second kappa shape index (κ2) is 3.93. The molecule has 0 amide bonds. The first-order valence-corrected chi connectivity index (χ1v) is 6.30. The van der Waals surface area contributed by atoms with Gasteiger partial charge in [-0.2, -0.15) is 0 Å². The minimum atomic E-state index is -0.499. The number of hydrogen-bond donors (Lipinski definition) is 1. The molecular weight excluding hydrogens is 264 g/mol. The van der Waals surface area contributed by atoms with Crippen molar-refractivity contribution >= 4 is 27.3 Å². The van der Waals surface area contributed by atoms with Gasteiger partial charge in [-0.1, -0.05) is 0 Å². The van der Waals surface area contributed by atoms with Crippen molar-refractivity contribution in [2.24, 2.45) is 0 Å². The van der Waals surface area contributed by atoms with E-state index in [0.29, 0.717) is 0 Å². The predicted octanol–water partition coefficient (Wildman–Crippen LogP) is 3.11. The predicted molar refractivity (Wildman–Crippen MR) is 60.6 cm³/mol. The lowest BCUT2D eigenvalue weighted by Gasteiger charge is -2.28. The fourth-order valence-electron chi connectivity index (χ4n) is 1.79.